The van der Waals surface area contributed by atoms with Gasteiger partial charge in [-0.05, 0) is 0 Å². The van der Waals surface area contributed by atoms with Gasteiger partial charge in [-0.25, -0.2) is 0 Å². The van der Waals surface area contributed by atoms with E-state index in [1.54, 1.807) is 0 Å². The molecule has 0 amide bonds. The molecule has 3 aromatic rings. The average molecular weight is 471 g/mol. The summed E-state index contributed by atoms with van der Waals surface area (Å²) in [7, 11) is 0. The molecule has 3 rings (SSSR count). The Labute approximate surface area is 181 Å². The number of benzene rings is 3. The maximum atomic E-state index is 13.3. The quantitative estimate of drug-likeness (QED) is 0.336. The summed E-state index contributed by atoms with van der Waals surface area (Å²) in [6, 6.07) is 31.2. The molecule has 0 aliphatic rings. The van der Waals surface area contributed by atoms with Gasteiger partial charge < -0.3 is 0 Å². The minimum atomic E-state index is -3.16. The first-order valence-electron chi connectivity index (χ1n) is 10.1. The summed E-state index contributed by atoms with van der Waals surface area (Å²) < 4.78 is 0. The molecular formula is C25H28BrO2P. The molecule has 0 aliphatic carbocycles. The summed E-state index contributed by atoms with van der Waals surface area (Å²) in [4.78, 5) is 13.3. The molecule has 1 N–H and O–H groups in total. The van der Waals surface area contributed by atoms with Gasteiger partial charge in [-0.2, -0.15) is 0 Å². The van der Waals surface area contributed by atoms with E-state index in [0.29, 0.717) is 12.6 Å². The standard InChI is InChI=1S/C25H28BrO2P/c26-29(23-14-6-1-7-15-23,24-16-8-2-9-17-24,25-18-10-3-11-19-25)21-22(28)13-5-4-12-20-27/h1-3,6-11,14-19,27H,4-5,12-13,20-21H2. The van der Waals surface area contributed by atoms with E-state index in [1.807, 2.05) is 18.2 Å². The van der Waals surface area contributed by atoms with Gasteiger partial charge in [-0.15, -0.1) is 0 Å². The average Bonchev–Trinajstić information content (AvgIpc) is 2.78. The Morgan fingerprint density at radius 2 is 1.10 bits per heavy atom. The molecule has 3 aromatic carbocycles. The van der Waals surface area contributed by atoms with Crippen molar-refractivity contribution in [3.8, 4) is 0 Å². The van der Waals surface area contributed by atoms with Crippen LogP contribution in [0.4, 0.5) is 0 Å². The number of ketones is 1. The molecule has 0 saturated carbocycles. The third-order valence-corrected chi connectivity index (χ3v) is 15.0. The Bertz CT molecular complexity index is 814. The van der Waals surface area contributed by atoms with Gasteiger partial charge in [-0.1, -0.05) is 0 Å². The third kappa shape index (κ3) is 4.53. The van der Waals surface area contributed by atoms with Crippen LogP contribution in [0, 0.1) is 0 Å². The normalized spacial score (nSPS) is 12.8. The second-order valence-corrected chi connectivity index (χ2v) is 16.3. The van der Waals surface area contributed by atoms with Gasteiger partial charge in [0, 0.05) is 0 Å². The van der Waals surface area contributed by atoms with E-state index in [1.165, 1.54) is 15.9 Å². The number of carbonyl (C=O) groups is 1. The zero-order chi connectivity index (χ0) is 20.6. The van der Waals surface area contributed by atoms with Crippen molar-refractivity contribution >= 4 is 42.5 Å². The number of rotatable bonds is 10. The van der Waals surface area contributed by atoms with Crippen molar-refractivity contribution in [1.29, 1.82) is 0 Å². The molecule has 0 heterocycles. The zero-order valence-corrected chi connectivity index (χ0v) is 19.1. The van der Waals surface area contributed by atoms with Gasteiger partial charge >= 0.3 is 182 Å². The van der Waals surface area contributed by atoms with Crippen molar-refractivity contribution in [2.24, 2.45) is 0 Å². The number of carbonyl (C=O) groups excluding carboxylic acids is 1. The van der Waals surface area contributed by atoms with Crippen LogP contribution in [0.2, 0.25) is 0 Å². The molecule has 0 aliphatic heterocycles. The maximum absolute atomic E-state index is 13.3. The van der Waals surface area contributed by atoms with Crippen molar-refractivity contribution in [1.82, 2.24) is 0 Å². The molecule has 29 heavy (non-hydrogen) atoms. The molecule has 0 saturated heterocycles. The van der Waals surface area contributed by atoms with E-state index >= 15 is 0 Å². The molecule has 0 fully saturated rings. The van der Waals surface area contributed by atoms with Crippen molar-refractivity contribution in [3.63, 3.8) is 0 Å². The Kier molecular flexibility index (Phi) is 7.40. The molecule has 0 aromatic heterocycles. The SMILES string of the molecule is O=C(CCCCCO)CP(Br)(c1ccccc1)(c1ccccc1)c1ccccc1. The van der Waals surface area contributed by atoms with Crippen LogP contribution in [-0.2, 0) is 4.79 Å². The second kappa shape index (κ2) is 9.80. The number of aliphatic hydroxyl groups excluding tert-OH is 1. The molecule has 4 heteroatoms. The first kappa shape index (κ1) is 21.9. The first-order chi connectivity index (χ1) is 14.1. The van der Waals surface area contributed by atoms with Crippen LogP contribution >= 0.6 is 20.8 Å². The summed E-state index contributed by atoms with van der Waals surface area (Å²) in [6.07, 6.45) is 3.43. The Morgan fingerprint density at radius 1 is 0.690 bits per heavy atom. The second-order valence-electron chi connectivity index (χ2n) is 7.42. The van der Waals surface area contributed by atoms with Gasteiger partial charge in [0.05, 0.1) is 0 Å². The minimum absolute atomic E-state index is 0.185. The van der Waals surface area contributed by atoms with Crippen LogP contribution in [0.5, 0.6) is 0 Å². The van der Waals surface area contributed by atoms with E-state index in [9.17, 15) is 4.79 Å². The molecule has 2 nitrogen and oxygen atoms in total. The van der Waals surface area contributed by atoms with Crippen LogP contribution in [0.1, 0.15) is 25.7 Å². The van der Waals surface area contributed by atoms with Gasteiger partial charge in [0.25, 0.3) is 0 Å². The summed E-state index contributed by atoms with van der Waals surface area (Å²) in [5.41, 5.74) is 0. The van der Waals surface area contributed by atoms with E-state index in [0.717, 1.165) is 19.3 Å². The fourth-order valence-electron chi connectivity index (χ4n) is 3.96. The number of unbranched alkanes of at least 4 members (excludes halogenated alkanes) is 2. The van der Waals surface area contributed by atoms with Gasteiger partial charge in [0.2, 0.25) is 0 Å². The Morgan fingerprint density at radius 3 is 1.48 bits per heavy atom. The van der Waals surface area contributed by atoms with Crippen molar-refractivity contribution in [3.05, 3.63) is 91.0 Å². The molecule has 0 unspecified atom stereocenters. The predicted octanol–water partition coefficient (Wildman–Crippen LogP) is 4.95. The van der Waals surface area contributed by atoms with E-state index in [4.69, 9.17) is 5.11 Å². The van der Waals surface area contributed by atoms with Crippen LogP contribution in [0.15, 0.2) is 91.0 Å². The Hall–Kier alpha value is -1.80. The van der Waals surface area contributed by atoms with Crippen molar-refractivity contribution in [2.45, 2.75) is 25.7 Å². The molecular weight excluding hydrogens is 443 g/mol. The van der Waals surface area contributed by atoms with Crippen molar-refractivity contribution in [2.75, 3.05) is 12.8 Å². The van der Waals surface area contributed by atoms with E-state index in [2.05, 4.69) is 88.3 Å². The van der Waals surface area contributed by atoms with Crippen molar-refractivity contribution < 1.29 is 9.90 Å². The van der Waals surface area contributed by atoms with E-state index < -0.39 is 5.31 Å². The number of aliphatic hydroxyl groups is 1. The fourth-order valence-corrected chi connectivity index (χ4v) is 11.6. The molecule has 0 radical (unpaired) electrons. The topological polar surface area (TPSA) is 37.3 Å². The van der Waals surface area contributed by atoms with Gasteiger partial charge in [0.15, 0.2) is 0 Å². The summed E-state index contributed by atoms with van der Waals surface area (Å²) in [5.74, 6) is 0.258. The molecule has 0 spiro atoms. The van der Waals surface area contributed by atoms with Crippen LogP contribution in [-0.4, -0.2) is 23.7 Å². The number of hydrogen-bond acceptors (Lipinski definition) is 2. The molecule has 0 bridgehead atoms. The third-order valence-electron chi connectivity index (χ3n) is 5.47. The number of hydrogen-bond donors (Lipinski definition) is 1. The van der Waals surface area contributed by atoms with Crippen LogP contribution < -0.4 is 15.9 Å². The van der Waals surface area contributed by atoms with Crippen LogP contribution in [0.3, 0.4) is 0 Å². The number of halogens is 1. The zero-order valence-electron chi connectivity index (χ0n) is 16.6. The van der Waals surface area contributed by atoms with E-state index in [-0.39, 0.29) is 12.4 Å². The molecule has 152 valence electrons. The Balaban J connectivity index is 2.15. The molecule has 0 atom stereocenters. The van der Waals surface area contributed by atoms with Crippen LogP contribution in [0.25, 0.3) is 0 Å². The first-order valence-corrected chi connectivity index (χ1v) is 14.6. The number of Topliss-reactive ketones (excluding diaryl/α,β-unsaturated/α-hetero) is 1. The van der Waals surface area contributed by atoms with Gasteiger partial charge in [-0.3, -0.25) is 0 Å². The summed E-state index contributed by atoms with van der Waals surface area (Å²) in [5, 5.41) is 9.36. The summed E-state index contributed by atoms with van der Waals surface area (Å²) in [6.45, 7) is 0.185. The predicted molar refractivity (Wildman–Crippen MR) is 130 cm³/mol. The monoisotopic (exact) mass is 470 g/mol. The van der Waals surface area contributed by atoms with Gasteiger partial charge in [0.1, 0.15) is 0 Å². The fraction of sp³-hybridized carbons (Fsp3) is 0.240. The summed E-state index contributed by atoms with van der Waals surface area (Å²) >= 11 is 4.31.